The van der Waals surface area contributed by atoms with Crippen molar-refractivity contribution in [2.75, 3.05) is 85.3 Å². The minimum atomic E-state index is -2.68. The van der Waals surface area contributed by atoms with Crippen LogP contribution in [0.5, 0.6) is 69.0 Å². The summed E-state index contributed by atoms with van der Waals surface area (Å²) >= 11 is 0. The molecule has 0 heterocycles. The predicted octanol–water partition coefficient (Wildman–Crippen LogP) is 2.72. The SMILES string of the molecule is COc1ccc(OC)c([Si](O[Si](c2c(OC)ccc(OC)c2OC)c2c(OC)ccc(OC)c2OC)c2c(OC)ccc(OC)c2OC)c1OC. The van der Waals surface area contributed by atoms with E-state index in [0.29, 0.717) is 89.7 Å². The number of rotatable bonds is 18. The topological polar surface area (TPSA) is 120 Å². The Morgan fingerprint density at radius 2 is 0.431 bits per heavy atom. The molecule has 0 unspecified atom stereocenters. The van der Waals surface area contributed by atoms with Crippen molar-refractivity contribution in [2.45, 2.75) is 0 Å². The number of ether oxygens (including phenoxy) is 12. The van der Waals surface area contributed by atoms with Gasteiger partial charge in [-0.05, 0) is 48.5 Å². The Balaban J connectivity index is 2.31. The number of hydrogen-bond donors (Lipinski definition) is 0. The van der Waals surface area contributed by atoms with Crippen LogP contribution in [0.3, 0.4) is 0 Å². The summed E-state index contributed by atoms with van der Waals surface area (Å²) in [4.78, 5) is 0. The van der Waals surface area contributed by atoms with Crippen molar-refractivity contribution in [1.29, 1.82) is 0 Å². The van der Waals surface area contributed by atoms with Crippen LogP contribution in [0.25, 0.3) is 0 Å². The molecule has 4 aromatic rings. The Morgan fingerprint density at radius 3 is 0.588 bits per heavy atom. The Labute approximate surface area is 302 Å². The molecular formula is C36H44O13Si2. The van der Waals surface area contributed by atoms with Crippen LogP contribution in [0.15, 0.2) is 48.5 Å². The van der Waals surface area contributed by atoms with Gasteiger partial charge in [0.2, 0.25) is 0 Å². The van der Waals surface area contributed by atoms with Crippen molar-refractivity contribution in [3.05, 3.63) is 48.5 Å². The summed E-state index contributed by atoms with van der Waals surface area (Å²) in [5, 5.41) is 2.22. The second-order valence-corrected chi connectivity index (χ2v) is 14.4. The molecule has 0 aliphatic heterocycles. The van der Waals surface area contributed by atoms with Crippen molar-refractivity contribution < 1.29 is 61.0 Å². The third-order valence-corrected chi connectivity index (χ3v) is 13.4. The summed E-state index contributed by atoms with van der Waals surface area (Å²) in [6.07, 6.45) is 0. The van der Waals surface area contributed by atoms with Crippen molar-refractivity contribution in [3.8, 4) is 69.0 Å². The lowest BCUT2D eigenvalue weighted by Gasteiger charge is -2.31. The van der Waals surface area contributed by atoms with Crippen LogP contribution in [0.2, 0.25) is 0 Å². The van der Waals surface area contributed by atoms with E-state index >= 15 is 0 Å². The first kappa shape index (κ1) is 38.7. The summed E-state index contributed by atoms with van der Waals surface area (Å²) < 4.78 is 79.1. The first-order valence-electron chi connectivity index (χ1n) is 15.4. The zero-order chi connectivity index (χ0) is 37.2. The lowest BCUT2D eigenvalue weighted by Crippen LogP contribution is -2.57. The molecule has 0 fully saturated rings. The van der Waals surface area contributed by atoms with Crippen molar-refractivity contribution in [1.82, 2.24) is 0 Å². The standard InChI is InChI=1S/C36H44O13Si2/c1-37-21-13-17-25(41-5)33(29(21)45-9)50(34-26(42-6)18-14-22(38-2)30(34)46-10)49-51(35-27(43-7)19-15-23(39-3)31(35)47-11)36-28(44-8)20-16-24(40-4)32(36)48-12/h13-20H,1-12H3. The molecule has 4 rings (SSSR count). The minimum absolute atomic E-state index is 0.383. The Bertz CT molecular complexity index is 1540. The fourth-order valence-electron chi connectivity index (χ4n) is 5.73. The molecule has 0 aromatic heterocycles. The van der Waals surface area contributed by atoms with Crippen LogP contribution in [0.1, 0.15) is 0 Å². The first-order chi connectivity index (χ1) is 24.8. The molecule has 13 nitrogen and oxygen atoms in total. The molecule has 51 heavy (non-hydrogen) atoms. The predicted molar refractivity (Wildman–Crippen MR) is 196 cm³/mol. The number of hydrogen-bond acceptors (Lipinski definition) is 13. The van der Waals surface area contributed by atoms with Crippen molar-refractivity contribution in [3.63, 3.8) is 0 Å². The van der Waals surface area contributed by atoms with Gasteiger partial charge in [0.25, 0.3) is 18.1 Å². The van der Waals surface area contributed by atoms with E-state index in [-0.39, 0.29) is 0 Å². The van der Waals surface area contributed by atoms with Gasteiger partial charge >= 0.3 is 0 Å². The monoisotopic (exact) mass is 740 g/mol. The van der Waals surface area contributed by atoms with E-state index in [9.17, 15) is 0 Å². The van der Waals surface area contributed by atoms with Gasteiger partial charge in [0.15, 0.2) is 46.0 Å². The number of methoxy groups -OCH3 is 12. The smallest absolute Gasteiger partial charge is 0.288 e. The molecule has 0 aliphatic rings. The molecule has 0 amide bonds. The number of benzene rings is 4. The van der Waals surface area contributed by atoms with Gasteiger partial charge in [0.1, 0.15) is 23.0 Å². The molecular weight excluding hydrogens is 697 g/mol. The average Bonchev–Trinajstić information content (AvgIpc) is 3.18. The fraction of sp³-hybridized carbons (Fsp3) is 0.333. The van der Waals surface area contributed by atoms with E-state index in [2.05, 4.69) is 0 Å². The van der Waals surface area contributed by atoms with Crippen LogP contribution in [0, 0.1) is 0 Å². The van der Waals surface area contributed by atoms with Gasteiger partial charge in [-0.3, -0.25) is 0 Å². The minimum Gasteiger partial charge on any atom is -0.497 e. The highest BCUT2D eigenvalue weighted by Crippen LogP contribution is 2.37. The highest BCUT2D eigenvalue weighted by molar-refractivity contribution is 6.94. The normalized spacial score (nSPS) is 10.8. The van der Waals surface area contributed by atoms with E-state index < -0.39 is 18.1 Å². The molecule has 0 N–H and O–H groups in total. The lowest BCUT2D eigenvalue weighted by molar-refractivity contribution is 0.348. The third-order valence-electron chi connectivity index (χ3n) is 8.02. The van der Waals surface area contributed by atoms with Gasteiger partial charge in [-0.2, -0.15) is 0 Å². The summed E-state index contributed by atoms with van der Waals surface area (Å²) in [6, 6.07) is 14.2. The van der Waals surface area contributed by atoms with E-state index in [1.165, 1.54) is 0 Å². The van der Waals surface area contributed by atoms with E-state index in [1.54, 1.807) is 134 Å². The molecule has 2 radical (unpaired) electrons. The van der Waals surface area contributed by atoms with Gasteiger partial charge in [-0.15, -0.1) is 0 Å². The maximum absolute atomic E-state index is 7.67. The molecule has 0 saturated carbocycles. The summed E-state index contributed by atoms with van der Waals surface area (Å²) in [7, 11) is 13.3. The Morgan fingerprint density at radius 1 is 0.255 bits per heavy atom. The average molecular weight is 741 g/mol. The zero-order valence-electron chi connectivity index (χ0n) is 30.9. The van der Waals surface area contributed by atoms with Crippen molar-refractivity contribution >= 4 is 38.8 Å². The molecule has 0 spiro atoms. The molecule has 0 bridgehead atoms. The molecule has 0 saturated heterocycles. The van der Waals surface area contributed by atoms with Gasteiger partial charge < -0.3 is 61.0 Å². The summed E-state index contributed by atoms with van der Waals surface area (Å²) in [5.74, 6) is 5.16. The van der Waals surface area contributed by atoms with Gasteiger partial charge in [-0.1, -0.05) is 0 Å². The van der Waals surface area contributed by atoms with E-state index in [0.717, 1.165) is 0 Å². The van der Waals surface area contributed by atoms with E-state index in [1.807, 2.05) is 0 Å². The molecule has 274 valence electrons. The highest BCUT2D eigenvalue weighted by atomic mass is 28.4. The second-order valence-electron chi connectivity index (χ2n) is 10.3. The maximum atomic E-state index is 7.67. The Hall–Kier alpha value is -5.13. The highest BCUT2D eigenvalue weighted by Gasteiger charge is 2.43. The van der Waals surface area contributed by atoms with Crippen LogP contribution < -0.4 is 77.6 Å². The second kappa shape index (κ2) is 17.7. The zero-order valence-corrected chi connectivity index (χ0v) is 32.9. The molecule has 0 atom stereocenters. The Kier molecular flexibility index (Phi) is 13.4. The van der Waals surface area contributed by atoms with Gasteiger partial charge in [0.05, 0.1) is 106 Å². The van der Waals surface area contributed by atoms with Crippen LogP contribution in [-0.2, 0) is 4.12 Å². The third kappa shape index (κ3) is 7.22. The molecule has 4 aromatic carbocycles. The lowest BCUT2D eigenvalue weighted by atomic mass is 10.3. The summed E-state index contributed by atoms with van der Waals surface area (Å²) in [5.41, 5.74) is 0. The molecule has 15 heteroatoms. The van der Waals surface area contributed by atoms with Gasteiger partial charge in [0, 0.05) is 0 Å². The van der Waals surface area contributed by atoms with E-state index in [4.69, 9.17) is 61.0 Å². The first-order valence-corrected chi connectivity index (χ1v) is 18.2. The summed E-state index contributed by atoms with van der Waals surface area (Å²) in [6.45, 7) is 0. The maximum Gasteiger partial charge on any atom is 0.288 e. The van der Waals surface area contributed by atoms with Crippen molar-refractivity contribution in [2.24, 2.45) is 0 Å². The van der Waals surface area contributed by atoms with Crippen LogP contribution in [0.4, 0.5) is 0 Å². The van der Waals surface area contributed by atoms with Crippen LogP contribution in [-0.4, -0.2) is 103 Å². The van der Waals surface area contributed by atoms with Gasteiger partial charge in [-0.25, -0.2) is 0 Å². The largest absolute Gasteiger partial charge is 0.497 e. The fourth-order valence-corrected chi connectivity index (χ4v) is 12.0. The van der Waals surface area contributed by atoms with Crippen LogP contribution >= 0.6 is 0 Å². The quantitative estimate of drug-likeness (QED) is 0.139. The molecule has 0 aliphatic carbocycles.